The molecule has 0 radical (unpaired) electrons. The second-order valence-corrected chi connectivity index (χ2v) is 6.24. The SMILES string of the molecule is Cc1ccc(NC(=O)NC(=O)CN(C2CC2)C(C)C(=O)O)c(C)c1. The van der Waals surface area contributed by atoms with Crippen molar-refractivity contribution in [3.8, 4) is 0 Å². The highest BCUT2D eigenvalue weighted by Gasteiger charge is 2.36. The molecule has 0 aromatic heterocycles. The number of nitrogens with zero attached hydrogens (tertiary/aromatic N) is 1. The zero-order chi connectivity index (χ0) is 17.9. The molecule has 0 spiro atoms. The maximum atomic E-state index is 12.0. The fourth-order valence-electron chi connectivity index (χ4n) is 2.57. The van der Waals surface area contributed by atoms with Gasteiger partial charge in [0.2, 0.25) is 5.91 Å². The van der Waals surface area contributed by atoms with E-state index < -0.39 is 23.9 Å². The Hall–Kier alpha value is -2.41. The number of rotatable bonds is 6. The van der Waals surface area contributed by atoms with Crippen LogP contribution in [0.1, 0.15) is 30.9 Å². The van der Waals surface area contributed by atoms with Crippen LogP contribution in [0, 0.1) is 13.8 Å². The standard InChI is InChI=1S/C17H23N3O4/c1-10-4-7-14(11(2)8-10)18-17(24)19-15(21)9-20(13-5-6-13)12(3)16(22)23/h4,7-8,12-13H,5-6,9H2,1-3H3,(H,22,23)(H2,18,19,21,24). The molecule has 1 aromatic carbocycles. The lowest BCUT2D eigenvalue weighted by Gasteiger charge is -2.25. The van der Waals surface area contributed by atoms with E-state index in [1.165, 1.54) is 0 Å². The molecule has 1 aromatic rings. The Balaban J connectivity index is 1.91. The van der Waals surface area contributed by atoms with Gasteiger partial charge in [-0.2, -0.15) is 0 Å². The fourth-order valence-corrected chi connectivity index (χ4v) is 2.57. The van der Waals surface area contributed by atoms with Gasteiger partial charge in [-0.3, -0.25) is 19.8 Å². The molecule has 7 nitrogen and oxygen atoms in total. The molecule has 1 aliphatic rings. The molecule has 1 saturated carbocycles. The van der Waals surface area contributed by atoms with Crippen molar-refractivity contribution in [3.63, 3.8) is 0 Å². The molecule has 1 aliphatic carbocycles. The van der Waals surface area contributed by atoms with Crippen molar-refractivity contribution in [2.24, 2.45) is 0 Å². The Morgan fingerprint density at radius 1 is 1.29 bits per heavy atom. The number of benzene rings is 1. The van der Waals surface area contributed by atoms with Gasteiger partial charge < -0.3 is 10.4 Å². The number of aliphatic carboxylic acids is 1. The number of carbonyl (C=O) groups excluding carboxylic acids is 2. The van der Waals surface area contributed by atoms with Gasteiger partial charge in [0.15, 0.2) is 0 Å². The molecule has 1 atom stereocenters. The average molecular weight is 333 g/mol. The summed E-state index contributed by atoms with van der Waals surface area (Å²) >= 11 is 0. The summed E-state index contributed by atoms with van der Waals surface area (Å²) in [5.41, 5.74) is 2.61. The molecule has 0 bridgehead atoms. The van der Waals surface area contributed by atoms with Crippen LogP contribution in [0.25, 0.3) is 0 Å². The van der Waals surface area contributed by atoms with Crippen LogP contribution in [0.15, 0.2) is 18.2 Å². The quantitative estimate of drug-likeness (QED) is 0.738. The van der Waals surface area contributed by atoms with Crippen molar-refractivity contribution in [3.05, 3.63) is 29.3 Å². The monoisotopic (exact) mass is 333 g/mol. The van der Waals surface area contributed by atoms with E-state index in [4.69, 9.17) is 5.11 Å². The van der Waals surface area contributed by atoms with Gasteiger partial charge in [-0.25, -0.2) is 4.79 Å². The molecular formula is C17H23N3O4. The number of hydrogen-bond donors (Lipinski definition) is 3. The van der Waals surface area contributed by atoms with Crippen LogP contribution in [-0.2, 0) is 9.59 Å². The number of carboxylic acids is 1. The van der Waals surface area contributed by atoms with Crippen molar-refractivity contribution < 1.29 is 19.5 Å². The van der Waals surface area contributed by atoms with Gasteiger partial charge in [-0.15, -0.1) is 0 Å². The van der Waals surface area contributed by atoms with Crippen LogP contribution < -0.4 is 10.6 Å². The summed E-state index contributed by atoms with van der Waals surface area (Å²) < 4.78 is 0. The van der Waals surface area contributed by atoms with Gasteiger partial charge >= 0.3 is 12.0 Å². The van der Waals surface area contributed by atoms with Gasteiger partial charge in [0.05, 0.1) is 6.54 Å². The minimum atomic E-state index is -0.977. The summed E-state index contributed by atoms with van der Waals surface area (Å²) in [7, 11) is 0. The van der Waals surface area contributed by atoms with Crippen molar-refractivity contribution in [1.82, 2.24) is 10.2 Å². The third kappa shape index (κ3) is 4.79. The Kier molecular flexibility index (Phi) is 5.56. The number of carbonyl (C=O) groups is 3. The highest BCUT2D eigenvalue weighted by atomic mass is 16.4. The third-order valence-corrected chi connectivity index (χ3v) is 4.08. The van der Waals surface area contributed by atoms with E-state index in [2.05, 4.69) is 10.6 Å². The number of aryl methyl sites for hydroxylation is 2. The molecule has 130 valence electrons. The van der Waals surface area contributed by atoms with Crippen LogP contribution in [0.4, 0.5) is 10.5 Å². The smallest absolute Gasteiger partial charge is 0.325 e. The molecule has 2 rings (SSSR count). The van der Waals surface area contributed by atoms with Gasteiger partial charge in [0, 0.05) is 11.7 Å². The van der Waals surface area contributed by atoms with E-state index in [-0.39, 0.29) is 12.6 Å². The lowest BCUT2D eigenvalue weighted by Crippen LogP contribution is -2.48. The first-order valence-corrected chi connectivity index (χ1v) is 7.94. The minimum Gasteiger partial charge on any atom is -0.480 e. The molecule has 3 amide bonds. The number of nitrogens with one attached hydrogen (secondary N) is 2. The maximum Gasteiger partial charge on any atom is 0.325 e. The summed E-state index contributed by atoms with van der Waals surface area (Å²) in [6.45, 7) is 5.26. The first kappa shape index (κ1) is 17.9. The van der Waals surface area contributed by atoms with E-state index in [9.17, 15) is 14.4 Å². The Morgan fingerprint density at radius 2 is 1.96 bits per heavy atom. The molecule has 0 heterocycles. The van der Waals surface area contributed by atoms with E-state index in [0.29, 0.717) is 5.69 Å². The number of hydrogen-bond acceptors (Lipinski definition) is 4. The van der Waals surface area contributed by atoms with Crippen LogP contribution in [-0.4, -0.2) is 46.5 Å². The topological polar surface area (TPSA) is 98.7 Å². The first-order valence-electron chi connectivity index (χ1n) is 7.94. The fraction of sp³-hybridized carbons (Fsp3) is 0.471. The van der Waals surface area contributed by atoms with Crippen molar-refractivity contribution in [1.29, 1.82) is 0 Å². The lowest BCUT2D eigenvalue weighted by molar-refractivity contribution is -0.143. The van der Waals surface area contributed by atoms with Gasteiger partial charge in [-0.1, -0.05) is 17.7 Å². The first-order chi connectivity index (χ1) is 11.3. The number of carboxylic acid groups (broad SMARTS) is 1. The van der Waals surface area contributed by atoms with Crippen LogP contribution in [0.5, 0.6) is 0 Å². The molecular weight excluding hydrogens is 310 g/mol. The van der Waals surface area contributed by atoms with Gasteiger partial charge in [0.25, 0.3) is 0 Å². The maximum absolute atomic E-state index is 12.0. The predicted octanol–water partition coefficient (Wildman–Crippen LogP) is 1.89. The molecule has 3 N–H and O–H groups in total. The molecule has 1 fully saturated rings. The number of imide groups is 1. The number of urea groups is 1. The Morgan fingerprint density at radius 3 is 2.50 bits per heavy atom. The minimum absolute atomic E-state index is 0.101. The summed E-state index contributed by atoms with van der Waals surface area (Å²) in [5, 5.41) is 14.0. The van der Waals surface area contributed by atoms with Crippen molar-refractivity contribution in [2.45, 2.75) is 45.7 Å². The number of anilines is 1. The highest BCUT2D eigenvalue weighted by molar-refractivity contribution is 6.02. The van der Waals surface area contributed by atoms with E-state index in [0.717, 1.165) is 24.0 Å². The largest absolute Gasteiger partial charge is 0.480 e. The molecule has 0 saturated heterocycles. The summed E-state index contributed by atoms with van der Waals surface area (Å²) in [4.78, 5) is 36.7. The second-order valence-electron chi connectivity index (χ2n) is 6.24. The number of amides is 3. The zero-order valence-electron chi connectivity index (χ0n) is 14.1. The zero-order valence-corrected chi connectivity index (χ0v) is 14.1. The Bertz CT molecular complexity index is 655. The molecule has 0 aliphatic heterocycles. The van der Waals surface area contributed by atoms with Crippen LogP contribution in [0.3, 0.4) is 0 Å². The molecule has 24 heavy (non-hydrogen) atoms. The van der Waals surface area contributed by atoms with Crippen molar-refractivity contribution in [2.75, 3.05) is 11.9 Å². The molecule has 7 heteroatoms. The van der Waals surface area contributed by atoms with Crippen molar-refractivity contribution >= 4 is 23.6 Å². The van der Waals surface area contributed by atoms with E-state index >= 15 is 0 Å². The third-order valence-electron chi connectivity index (χ3n) is 4.08. The Labute approximate surface area is 141 Å². The lowest BCUT2D eigenvalue weighted by atomic mass is 10.1. The van der Waals surface area contributed by atoms with E-state index in [1.807, 2.05) is 26.0 Å². The summed E-state index contributed by atoms with van der Waals surface area (Å²) in [5.74, 6) is -1.49. The normalized spacial score (nSPS) is 15.0. The van der Waals surface area contributed by atoms with Gasteiger partial charge in [0.1, 0.15) is 6.04 Å². The van der Waals surface area contributed by atoms with Crippen LogP contribution >= 0.6 is 0 Å². The second kappa shape index (κ2) is 7.44. The predicted molar refractivity (Wildman–Crippen MR) is 89.9 cm³/mol. The van der Waals surface area contributed by atoms with Gasteiger partial charge in [-0.05, 0) is 45.2 Å². The van der Waals surface area contributed by atoms with Crippen LogP contribution in [0.2, 0.25) is 0 Å². The van der Waals surface area contributed by atoms with E-state index in [1.54, 1.807) is 17.9 Å². The summed E-state index contributed by atoms with van der Waals surface area (Å²) in [6.07, 6.45) is 1.75. The average Bonchev–Trinajstić information content (AvgIpc) is 3.31. The highest BCUT2D eigenvalue weighted by Crippen LogP contribution is 2.28. The molecule has 1 unspecified atom stereocenters. The summed E-state index contributed by atoms with van der Waals surface area (Å²) in [6, 6.07) is 4.30.